The predicted octanol–water partition coefficient (Wildman–Crippen LogP) is 1.85. The molecular weight excluding hydrogens is 306 g/mol. The molecule has 1 aromatic carbocycles. The molecule has 0 fully saturated rings. The van der Waals surface area contributed by atoms with Crippen LogP contribution in [0.1, 0.15) is 25.5 Å². The molecule has 7 heteroatoms. The van der Waals surface area contributed by atoms with Gasteiger partial charge in [-0.05, 0) is 31.5 Å². The highest BCUT2D eigenvalue weighted by atomic mass is 35.5. The van der Waals surface area contributed by atoms with Crippen molar-refractivity contribution < 1.29 is 14.3 Å². The number of nitrogens with one attached hydrogen (secondary N) is 3. The lowest BCUT2D eigenvalue weighted by Crippen LogP contribution is -2.47. The number of halogens is 1. The van der Waals surface area contributed by atoms with Crippen LogP contribution in [0.4, 0.5) is 4.79 Å². The molecule has 3 amide bonds. The molecule has 0 radical (unpaired) electrons. The third-order valence-corrected chi connectivity index (χ3v) is 3.24. The molecule has 0 aliphatic carbocycles. The lowest BCUT2D eigenvalue weighted by molar-refractivity contribution is -0.119. The fraction of sp³-hybridized carbons (Fsp3) is 0.467. The molecule has 0 aliphatic heterocycles. The Balaban J connectivity index is 2.33. The first kappa shape index (κ1) is 18.4. The van der Waals surface area contributed by atoms with Crippen molar-refractivity contribution >= 4 is 23.5 Å². The van der Waals surface area contributed by atoms with Crippen molar-refractivity contribution in [3.63, 3.8) is 0 Å². The number of amides is 3. The Morgan fingerprint density at radius 1 is 1.23 bits per heavy atom. The molecule has 22 heavy (non-hydrogen) atoms. The van der Waals surface area contributed by atoms with Crippen LogP contribution in [-0.4, -0.2) is 38.2 Å². The Labute approximate surface area is 135 Å². The summed E-state index contributed by atoms with van der Waals surface area (Å²) < 4.78 is 4.90. The molecule has 0 heterocycles. The van der Waals surface area contributed by atoms with E-state index in [0.717, 1.165) is 5.56 Å². The first-order chi connectivity index (χ1) is 10.4. The van der Waals surface area contributed by atoms with Crippen molar-refractivity contribution in [1.29, 1.82) is 0 Å². The van der Waals surface area contributed by atoms with Gasteiger partial charge < -0.3 is 15.4 Å². The summed E-state index contributed by atoms with van der Waals surface area (Å²) in [6, 6.07) is 6.63. The van der Waals surface area contributed by atoms with E-state index in [-0.39, 0.29) is 18.6 Å². The van der Waals surface area contributed by atoms with Gasteiger partial charge in [-0.2, -0.15) is 0 Å². The molecule has 1 aromatic rings. The quantitative estimate of drug-likeness (QED) is 0.714. The second kappa shape index (κ2) is 9.40. The van der Waals surface area contributed by atoms with E-state index in [9.17, 15) is 9.59 Å². The molecule has 0 spiro atoms. The molecule has 2 atom stereocenters. The number of carbonyl (C=O) groups excluding carboxylic acids is 2. The van der Waals surface area contributed by atoms with Crippen LogP contribution in [0.5, 0.6) is 0 Å². The first-order valence-corrected chi connectivity index (χ1v) is 7.38. The van der Waals surface area contributed by atoms with E-state index in [2.05, 4.69) is 16.0 Å². The Kier molecular flexibility index (Phi) is 7.87. The predicted molar refractivity (Wildman–Crippen MR) is 85.9 cm³/mol. The van der Waals surface area contributed by atoms with Gasteiger partial charge in [-0.25, -0.2) is 4.79 Å². The standard InChI is InChI=1S/C15H22ClN3O3/c1-10(9-22-3)18-15(21)19-14(20)8-17-11(2)12-4-6-13(16)7-5-12/h4-7,10-11,17H,8-9H2,1-3H3,(H2,18,19,20,21). The fourth-order valence-corrected chi connectivity index (χ4v) is 1.96. The van der Waals surface area contributed by atoms with E-state index in [1.165, 1.54) is 0 Å². The van der Waals surface area contributed by atoms with E-state index in [1.54, 1.807) is 26.2 Å². The van der Waals surface area contributed by atoms with Crippen molar-refractivity contribution in [2.75, 3.05) is 20.3 Å². The van der Waals surface area contributed by atoms with Gasteiger partial charge in [0.2, 0.25) is 5.91 Å². The van der Waals surface area contributed by atoms with Crippen molar-refractivity contribution in [3.8, 4) is 0 Å². The summed E-state index contributed by atoms with van der Waals surface area (Å²) in [4.78, 5) is 23.2. The maximum absolute atomic E-state index is 11.7. The molecular formula is C15H22ClN3O3. The van der Waals surface area contributed by atoms with Crippen LogP contribution in [0.15, 0.2) is 24.3 Å². The Morgan fingerprint density at radius 2 is 1.86 bits per heavy atom. The highest BCUT2D eigenvalue weighted by Gasteiger charge is 2.12. The van der Waals surface area contributed by atoms with Crippen molar-refractivity contribution in [3.05, 3.63) is 34.9 Å². The summed E-state index contributed by atoms with van der Waals surface area (Å²) in [5, 5.41) is 8.56. The number of ether oxygens (including phenoxy) is 1. The van der Waals surface area contributed by atoms with Crippen LogP contribution < -0.4 is 16.0 Å². The topological polar surface area (TPSA) is 79.5 Å². The Bertz CT molecular complexity index is 493. The number of rotatable bonds is 7. The molecule has 122 valence electrons. The smallest absolute Gasteiger partial charge is 0.321 e. The summed E-state index contributed by atoms with van der Waals surface area (Å²) in [6.45, 7) is 4.13. The first-order valence-electron chi connectivity index (χ1n) is 7.00. The van der Waals surface area contributed by atoms with Gasteiger partial charge >= 0.3 is 6.03 Å². The minimum atomic E-state index is -0.532. The average molecular weight is 328 g/mol. The van der Waals surface area contributed by atoms with E-state index in [1.807, 2.05) is 19.1 Å². The normalized spacial score (nSPS) is 13.3. The van der Waals surface area contributed by atoms with Gasteiger partial charge in [-0.3, -0.25) is 10.1 Å². The maximum atomic E-state index is 11.7. The zero-order chi connectivity index (χ0) is 16.5. The molecule has 2 unspecified atom stereocenters. The van der Waals surface area contributed by atoms with E-state index >= 15 is 0 Å². The van der Waals surface area contributed by atoms with Crippen LogP contribution in [0.2, 0.25) is 5.02 Å². The Hall–Kier alpha value is -1.63. The van der Waals surface area contributed by atoms with Gasteiger partial charge in [0.1, 0.15) is 0 Å². The lowest BCUT2D eigenvalue weighted by Gasteiger charge is -2.15. The van der Waals surface area contributed by atoms with Gasteiger partial charge in [0, 0.05) is 18.2 Å². The molecule has 0 saturated heterocycles. The number of urea groups is 1. The van der Waals surface area contributed by atoms with Crippen LogP contribution in [-0.2, 0) is 9.53 Å². The third kappa shape index (κ3) is 6.89. The Morgan fingerprint density at radius 3 is 2.45 bits per heavy atom. The van der Waals surface area contributed by atoms with E-state index in [4.69, 9.17) is 16.3 Å². The van der Waals surface area contributed by atoms with Crippen LogP contribution in [0, 0.1) is 0 Å². The number of hydrogen-bond acceptors (Lipinski definition) is 4. The summed E-state index contributed by atoms with van der Waals surface area (Å²) in [7, 11) is 1.54. The van der Waals surface area contributed by atoms with Gasteiger partial charge in [0.25, 0.3) is 0 Å². The second-order valence-corrected chi connectivity index (χ2v) is 5.47. The summed E-state index contributed by atoms with van der Waals surface area (Å²) >= 11 is 5.83. The van der Waals surface area contributed by atoms with Crippen molar-refractivity contribution in [1.82, 2.24) is 16.0 Å². The number of methoxy groups -OCH3 is 1. The second-order valence-electron chi connectivity index (χ2n) is 5.03. The van der Waals surface area contributed by atoms with Gasteiger partial charge in [0.15, 0.2) is 0 Å². The lowest BCUT2D eigenvalue weighted by atomic mass is 10.1. The minimum absolute atomic E-state index is 0.0292. The largest absolute Gasteiger partial charge is 0.383 e. The number of carbonyl (C=O) groups is 2. The number of benzene rings is 1. The molecule has 1 rings (SSSR count). The van der Waals surface area contributed by atoms with Crippen LogP contribution >= 0.6 is 11.6 Å². The minimum Gasteiger partial charge on any atom is -0.383 e. The summed E-state index contributed by atoms with van der Waals surface area (Å²) in [5.41, 5.74) is 1.01. The van der Waals surface area contributed by atoms with Crippen LogP contribution in [0.3, 0.4) is 0 Å². The van der Waals surface area contributed by atoms with Gasteiger partial charge in [0.05, 0.1) is 19.2 Å². The monoisotopic (exact) mass is 327 g/mol. The molecule has 0 saturated carbocycles. The SMILES string of the molecule is COCC(C)NC(=O)NC(=O)CNC(C)c1ccc(Cl)cc1. The van der Waals surface area contributed by atoms with Gasteiger partial charge in [-0.15, -0.1) is 0 Å². The van der Waals surface area contributed by atoms with Crippen LogP contribution in [0.25, 0.3) is 0 Å². The summed E-state index contributed by atoms with van der Waals surface area (Å²) in [6.07, 6.45) is 0. The summed E-state index contributed by atoms with van der Waals surface area (Å²) in [5.74, 6) is -0.400. The molecule has 3 N–H and O–H groups in total. The van der Waals surface area contributed by atoms with Gasteiger partial charge in [-0.1, -0.05) is 23.7 Å². The highest BCUT2D eigenvalue weighted by molar-refractivity contribution is 6.30. The molecule has 6 nitrogen and oxygen atoms in total. The molecule has 0 aliphatic rings. The highest BCUT2D eigenvalue weighted by Crippen LogP contribution is 2.15. The zero-order valence-corrected chi connectivity index (χ0v) is 13.7. The van der Waals surface area contributed by atoms with Crippen molar-refractivity contribution in [2.24, 2.45) is 0 Å². The van der Waals surface area contributed by atoms with E-state index < -0.39 is 11.9 Å². The average Bonchev–Trinajstić information content (AvgIpc) is 2.45. The fourth-order valence-electron chi connectivity index (χ4n) is 1.84. The van der Waals surface area contributed by atoms with E-state index in [0.29, 0.717) is 11.6 Å². The molecule has 0 aromatic heterocycles. The van der Waals surface area contributed by atoms with Crippen molar-refractivity contribution in [2.45, 2.75) is 25.9 Å². The third-order valence-electron chi connectivity index (χ3n) is 2.99. The maximum Gasteiger partial charge on any atom is 0.321 e. The zero-order valence-electron chi connectivity index (χ0n) is 13.0. The number of imide groups is 1. The number of hydrogen-bond donors (Lipinski definition) is 3. The molecule has 0 bridgehead atoms.